The number of hydrogen-bond acceptors (Lipinski definition) is 1. The van der Waals surface area contributed by atoms with Gasteiger partial charge in [-0.2, -0.15) is 0 Å². The van der Waals surface area contributed by atoms with Crippen LogP contribution in [0.4, 0.5) is 0 Å². The van der Waals surface area contributed by atoms with E-state index in [1.165, 1.54) is 5.56 Å². The van der Waals surface area contributed by atoms with Crippen molar-refractivity contribution >= 4 is 12.4 Å². The van der Waals surface area contributed by atoms with E-state index in [1.807, 2.05) is 45.0 Å². The second-order valence-corrected chi connectivity index (χ2v) is 6.41. The van der Waals surface area contributed by atoms with E-state index in [1.54, 1.807) is 13.3 Å². The van der Waals surface area contributed by atoms with Crippen molar-refractivity contribution < 1.29 is 4.57 Å². The zero-order chi connectivity index (χ0) is 10.5. The lowest BCUT2D eigenvalue weighted by molar-refractivity contribution is 0.588. The number of hydrogen-bond donors (Lipinski definition) is 0. The van der Waals surface area contributed by atoms with Crippen molar-refractivity contribution in [3.63, 3.8) is 0 Å². The highest BCUT2D eigenvalue weighted by molar-refractivity contribution is 7.70. The van der Waals surface area contributed by atoms with Crippen LogP contribution in [0.2, 0.25) is 0 Å². The highest BCUT2D eigenvalue weighted by Gasteiger charge is 2.09. The minimum Gasteiger partial charge on any atom is -0.319 e. The Labute approximate surface area is 81.6 Å². The summed E-state index contributed by atoms with van der Waals surface area (Å²) in [6.07, 6.45) is 0. The van der Waals surface area contributed by atoms with Gasteiger partial charge < -0.3 is 4.57 Å². The molecule has 0 saturated carbocycles. The molecule has 0 unspecified atom stereocenters. The van der Waals surface area contributed by atoms with Crippen molar-refractivity contribution in [3.05, 3.63) is 29.8 Å². The summed E-state index contributed by atoms with van der Waals surface area (Å²) in [6, 6.07) is 7.87. The minimum atomic E-state index is -2.05. The highest BCUT2D eigenvalue weighted by Crippen LogP contribution is 2.34. The summed E-state index contributed by atoms with van der Waals surface area (Å²) < 4.78 is 11.6. The summed E-state index contributed by atoms with van der Waals surface area (Å²) >= 11 is 0. The van der Waals surface area contributed by atoms with Crippen LogP contribution in [0.5, 0.6) is 0 Å². The fourth-order valence-electron chi connectivity index (χ4n) is 0.963. The van der Waals surface area contributed by atoms with E-state index < -0.39 is 7.14 Å². The van der Waals surface area contributed by atoms with Gasteiger partial charge in [-0.25, -0.2) is 0 Å². The van der Waals surface area contributed by atoms with Crippen LogP contribution < -0.4 is 5.30 Å². The van der Waals surface area contributed by atoms with Gasteiger partial charge in [-0.3, -0.25) is 0 Å². The molecule has 0 bridgehead atoms. The van der Waals surface area contributed by atoms with E-state index in [2.05, 4.69) is 0 Å². The molecule has 0 heterocycles. The molecule has 0 amide bonds. The Morgan fingerprint density at radius 3 is 2.00 bits per heavy atom. The zero-order valence-corrected chi connectivity index (χ0v) is 10.1. The maximum absolute atomic E-state index is 11.6. The molecule has 0 N–H and O–H groups in total. The molecule has 0 radical (unpaired) electrons. The lowest BCUT2D eigenvalue weighted by atomic mass is 10.2. The molecule has 0 aliphatic carbocycles. The first kappa shape index (κ1) is 12.4. The van der Waals surface area contributed by atoms with E-state index in [-0.39, 0.29) is 0 Å². The monoisotopic (exact) mass is 198 g/mol. The van der Waals surface area contributed by atoms with Crippen LogP contribution in [-0.4, -0.2) is 13.3 Å². The third kappa shape index (κ3) is 4.28. The van der Waals surface area contributed by atoms with Gasteiger partial charge in [0.2, 0.25) is 0 Å². The van der Waals surface area contributed by atoms with Crippen molar-refractivity contribution in [1.29, 1.82) is 0 Å². The average molecular weight is 198 g/mol. The smallest absolute Gasteiger partial charge is 0.109 e. The SMILES string of the molecule is CC.Cc1cccc(P(C)(C)=O)c1. The van der Waals surface area contributed by atoms with Gasteiger partial charge in [0.1, 0.15) is 7.14 Å². The lowest BCUT2D eigenvalue weighted by Gasteiger charge is -2.06. The van der Waals surface area contributed by atoms with Crippen molar-refractivity contribution in [1.82, 2.24) is 0 Å². The second-order valence-electron chi connectivity index (χ2n) is 3.19. The maximum Gasteiger partial charge on any atom is 0.109 e. The fourth-order valence-corrected chi connectivity index (χ4v) is 1.92. The Morgan fingerprint density at radius 2 is 1.69 bits per heavy atom. The third-order valence-electron chi connectivity index (χ3n) is 1.62. The molecule has 0 aromatic heterocycles. The summed E-state index contributed by atoms with van der Waals surface area (Å²) in [4.78, 5) is 0. The van der Waals surface area contributed by atoms with Crippen LogP contribution in [0.15, 0.2) is 24.3 Å². The molecule has 0 spiro atoms. The van der Waals surface area contributed by atoms with Gasteiger partial charge in [-0.15, -0.1) is 0 Å². The van der Waals surface area contributed by atoms with Gasteiger partial charge in [-0.1, -0.05) is 37.6 Å². The molecular weight excluding hydrogens is 179 g/mol. The van der Waals surface area contributed by atoms with Crippen LogP contribution >= 0.6 is 7.14 Å². The lowest BCUT2D eigenvalue weighted by Crippen LogP contribution is -2.01. The molecule has 13 heavy (non-hydrogen) atoms. The quantitative estimate of drug-likeness (QED) is 0.633. The molecule has 0 saturated heterocycles. The molecule has 0 aliphatic heterocycles. The number of benzene rings is 1. The van der Waals surface area contributed by atoms with Crippen LogP contribution in [0.25, 0.3) is 0 Å². The van der Waals surface area contributed by atoms with E-state index in [0.29, 0.717) is 0 Å². The van der Waals surface area contributed by atoms with E-state index in [9.17, 15) is 4.57 Å². The summed E-state index contributed by atoms with van der Waals surface area (Å²) in [5.74, 6) is 0. The zero-order valence-electron chi connectivity index (χ0n) is 9.16. The number of rotatable bonds is 1. The van der Waals surface area contributed by atoms with Crippen molar-refractivity contribution in [3.8, 4) is 0 Å². The fraction of sp³-hybridized carbons (Fsp3) is 0.455. The highest BCUT2D eigenvalue weighted by atomic mass is 31.2. The predicted molar refractivity (Wildman–Crippen MR) is 61.6 cm³/mol. The first-order chi connectivity index (χ1) is 6.00. The first-order valence-corrected chi connectivity index (χ1v) is 7.22. The topological polar surface area (TPSA) is 17.1 Å². The minimum absolute atomic E-state index is 0.970. The molecule has 0 fully saturated rings. The molecule has 0 aliphatic rings. The summed E-state index contributed by atoms with van der Waals surface area (Å²) in [6.45, 7) is 9.60. The van der Waals surface area contributed by atoms with Crippen LogP contribution in [0, 0.1) is 6.92 Å². The van der Waals surface area contributed by atoms with Crippen molar-refractivity contribution in [2.75, 3.05) is 13.3 Å². The Balaban J connectivity index is 0.000000671. The van der Waals surface area contributed by atoms with Crippen LogP contribution in [0.3, 0.4) is 0 Å². The van der Waals surface area contributed by atoms with E-state index in [0.717, 1.165) is 5.30 Å². The van der Waals surface area contributed by atoms with Crippen LogP contribution in [0.1, 0.15) is 19.4 Å². The molecule has 1 nitrogen and oxygen atoms in total. The van der Waals surface area contributed by atoms with Gasteiger partial charge in [0.15, 0.2) is 0 Å². The molecule has 2 heteroatoms. The van der Waals surface area contributed by atoms with E-state index in [4.69, 9.17) is 0 Å². The molecule has 0 atom stereocenters. The number of aryl methyl sites for hydroxylation is 1. The molecule has 1 rings (SSSR count). The Kier molecular flexibility index (Phi) is 5.02. The maximum atomic E-state index is 11.6. The first-order valence-electron chi connectivity index (χ1n) is 4.62. The molecule has 1 aromatic rings. The van der Waals surface area contributed by atoms with Gasteiger partial charge in [0.25, 0.3) is 0 Å². The van der Waals surface area contributed by atoms with Gasteiger partial charge in [0, 0.05) is 5.30 Å². The summed E-state index contributed by atoms with van der Waals surface area (Å²) in [5.41, 5.74) is 1.17. The van der Waals surface area contributed by atoms with Crippen molar-refractivity contribution in [2.45, 2.75) is 20.8 Å². The molecule has 1 aromatic carbocycles. The third-order valence-corrected chi connectivity index (χ3v) is 3.15. The van der Waals surface area contributed by atoms with Gasteiger partial charge >= 0.3 is 0 Å². The summed E-state index contributed by atoms with van der Waals surface area (Å²) in [7, 11) is -2.05. The van der Waals surface area contributed by atoms with Gasteiger partial charge in [0.05, 0.1) is 0 Å². The Hall–Kier alpha value is -0.550. The Bertz CT molecular complexity index is 299. The van der Waals surface area contributed by atoms with E-state index >= 15 is 0 Å². The standard InChI is InChI=1S/C9H13OP.C2H6/c1-8-5-4-6-9(7-8)11(2,3)10;1-2/h4-7H,1-3H3;1-2H3. The summed E-state index contributed by atoms with van der Waals surface area (Å²) in [5, 5.41) is 0.970. The van der Waals surface area contributed by atoms with Crippen molar-refractivity contribution in [2.24, 2.45) is 0 Å². The Morgan fingerprint density at radius 1 is 1.15 bits per heavy atom. The second kappa shape index (κ2) is 5.24. The largest absolute Gasteiger partial charge is 0.319 e. The van der Waals surface area contributed by atoms with Crippen LogP contribution in [-0.2, 0) is 4.57 Å². The van der Waals surface area contributed by atoms with Gasteiger partial charge in [-0.05, 0) is 26.3 Å². The average Bonchev–Trinajstić information content (AvgIpc) is 2.06. The predicted octanol–water partition coefficient (Wildman–Crippen LogP) is 3.27. The normalized spacial score (nSPS) is 10.2. The molecule has 74 valence electrons. The molecular formula is C11H19OP.